The Morgan fingerprint density at radius 1 is 1.22 bits per heavy atom. The Morgan fingerprint density at radius 2 is 1.83 bits per heavy atom. The minimum absolute atomic E-state index is 0.117. The lowest BCUT2D eigenvalue weighted by Crippen LogP contribution is -2.43. The molecule has 0 aliphatic carbocycles. The number of amides is 1. The van der Waals surface area contributed by atoms with Crippen molar-refractivity contribution in [2.45, 2.75) is 38.2 Å². The van der Waals surface area contributed by atoms with Crippen LogP contribution in [0.5, 0.6) is 0 Å². The molecule has 0 aliphatic heterocycles. The average molecular weight is 355 g/mol. The zero-order valence-electron chi connectivity index (χ0n) is 14.7. The third kappa shape index (κ3) is 14.8. The third-order valence-corrected chi connectivity index (χ3v) is 4.03. The zero-order chi connectivity index (χ0) is 17.9. The molecule has 1 amide bonds. The van der Waals surface area contributed by atoms with Gasteiger partial charge in [0.1, 0.15) is 12.6 Å². The number of carbonyl (C=O) groups excluding carboxylic acids is 1. The molecular weight excluding hydrogens is 323 g/mol. The van der Waals surface area contributed by atoms with Crippen LogP contribution in [0.4, 0.5) is 0 Å². The summed E-state index contributed by atoms with van der Waals surface area (Å²) in [4.78, 5) is 20.7. The largest absolute Gasteiger partial charge is 0.471 e. The summed E-state index contributed by atoms with van der Waals surface area (Å²) in [6.07, 6.45) is 2.67. The number of hydrogen-bond donors (Lipinski definition) is 3. The van der Waals surface area contributed by atoms with Gasteiger partial charge in [0.2, 0.25) is 5.91 Å². The summed E-state index contributed by atoms with van der Waals surface area (Å²) in [7, 11) is 3.16. The molecule has 0 aromatic heterocycles. The summed E-state index contributed by atoms with van der Waals surface area (Å²) in [6.45, 7) is 1.27. The summed E-state index contributed by atoms with van der Waals surface area (Å²) in [5.41, 5.74) is 0. The highest BCUT2D eigenvalue weighted by atomic mass is 31.2. The lowest BCUT2D eigenvalue weighted by molar-refractivity contribution is -0.873. The molecule has 9 heteroatoms. The van der Waals surface area contributed by atoms with Crippen LogP contribution >= 0.6 is 7.82 Å². The lowest BCUT2D eigenvalue weighted by atomic mass is 10.2. The van der Waals surface area contributed by atoms with Crippen molar-refractivity contribution in [3.63, 3.8) is 0 Å². The van der Waals surface area contributed by atoms with Crippen molar-refractivity contribution < 1.29 is 32.9 Å². The Hall–Kier alpha value is -0.500. The highest BCUT2D eigenvalue weighted by Gasteiger charge is 2.18. The van der Waals surface area contributed by atoms with Crippen molar-refractivity contribution in [2.75, 3.05) is 47.9 Å². The molecule has 0 spiro atoms. The number of aliphatic hydroxyl groups is 1. The van der Waals surface area contributed by atoms with Gasteiger partial charge in [-0.25, -0.2) is 4.57 Å². The van der Waals surface area contributed by atoms with Crippen molar-refractivity contribution in [1.82, 2.24) is 5.32 Å². The number of rotatable bonds is 13. The second-order valence-electron chi connectivity index (χ2n) is 6.58. The van der Waals surface area contributed by atoms with Crippen molar-refractivity contribution in [3.8, 4) is 0 Å². The van der Waals surface area contributed by atoms with Crippen LogP contribution in [0.2, 0.25) is 0 Å². The predicted octanol–water partition coefficient (Wildman–Crippen LogP) is 0.884. The number of quaternary nitrogens is 1. The van der Waals surface area contributed by atoms with Gasteiger partial charge in [0.25, 0.3) is 0 Å². The highest BCUT2D eigenvalue weighted by Crippen LogP contribution is 2.41. The molecular formula is C14H32N2O6P+. The van der Waals surface area contributed by atoms with E-state index in [1.165, 1.54) is 0 Å². The maximum Gasteiger partial charge on any atom is 0.471 e. The number of nitrogens with zero attached hydrogens (tertiary/aromatic N) is 1. The number of nitrogens with one attached hydrogen (secondary N) is 1. The molecule has 8 nitrogen and oxygen atoms in total. The molecule has 0 fully saturated rings. The number of unbranched alkanes of at least 4 members (excludes halogenated alkanes) is 3. The van der Waals surface area contributed by atoms with E-state index in [2.05, 4.69) is 9.84 Å². The maximum atomic E-state index is 11.6. The molecule has 0 saturated carbocycles. The van der Waals surface area contributed by atoms with Gasteiger partial charge in [0.05, 0.1) is 34.2 Å². The van der Waals surface area contributed by atoms with E-state index in [1.54, 1.807) is 0 Å². The zero-order valence-corrected chi connectivity index (χ0v) is 15.6. The first-order valence-corrected chi connectivity index (χ1v) is 9.33. The number of phosphoric acid groups is 1. The Labute approximate surface area is 139 Å². The number of hydrogen-bond acceptors (Lipinski definition) is 5. The van der Waals surface area contributed by atoms with Crippen LogP contribution in [-0.4, -0.2) is 74.4 Å². The van der Waals surface area contributed by atoms with Crippen LogP contribution < -0.4 is 5.32 Å². The van der Waals surface area contributed by atoms with Gasteiger partial charge in [0, 0.05) is 13.7 Å². The molecule has 0 aromatic rings. The minimum atomic E-state index is -3.86. The Bertz CT molecular complexity index is 386. The second-order valence-corrected chi connectivity index (χ2v) is 8.14. The number of phosphoric ester groups is 1. The molecule has 2 atom stereocenters. The molecule has 0 aromatic carbocycles. The smallest absolute Gasteiger partial charge is 0.387 e. The van der Waals surface area contributed by atoms with Crippen molar-refractivity contribution >= 4 is 13.7 Å². The van der Waals surface area contributed by atoms with Crippen molar-refractivity contribution in [1.29, 1.82) is 0 Å². The summed E-state index contributed by atoms with van der Waals surface area (Å²) < 4.78 is 20.6. The van der Waals surface area contributed by atoms with Crippen LogP contribution in [0.25, 0.3) is 0 Å². The minimum Gasteiger partial charge on any atom is -0.387 e. The summed E-state index contributed by atoms with van der Waals surface area (Å²) in [5.74, 6) is -0.143. The molecule has 3 N–H and O–H groups in total. The van der Waals surface area contributed by atoms with E-state index in [1.807, 2.05) is 21.1 Å². The monoisotopic (exact) mass is 355 g/mol. The lowest BCUT2D eigenvalue weighted by Gasteiger charge is -2.26. The maximum absolute atomic E-state index is 11.6. The average Bonchev–Trinajstić information content (AvgIpc) is 2.39. The van der Waals surface area contributed by atoms with E-state index < -0.39 is 13.9 Å². The first-order chi connectivity index (χ1) is 10.6. The molecule has 0 rings (SSSR count). The summed E-state index contributed by atoms with van der Waals surface area (Å²) >= 11 is 0. The van der Waals surface area contributed by atoms with Gasteiger partial charge in [-0.05, 0) is 12.8 Å². The van der Waals surface area contributed by atoms with E-state index in [0.29, 0.717) is 24.0 Å². The van der Waals surface area contributed by atoms with E-state index in [9.17, 15) is 14.5 Å². The molecule has 1 unspecified atom stereocenters. The van der Waals surface area contributed by atoms with Gasteiger partial charge in [-0.2, -0.15) is 0 Å². The van der Waals surface area contributed by atoms with Crippen LogP contribution in [-0.2, 0) is 18.4 Å². The Morgan fingerprint density at radius 3 is 2.39 bits per heavy atom. The fourth-order valence-corrected chi connectivity index (χ4v) is 2.49. The van der Waals surface area contributed by atoms with Gasteiger partial charge in [-0.3, -0.25) is 13.8 Å². The molecule has 0 saturated heterocycles. The Kier molecular flexibility index (Phi) is 10.9. The summed E-state index contributed by atoms with van der Waals surface area (Å²) in [5, 5.41) is 12.6. The fourth-order valence-electron chi connectivity index (χ4n) is 2.02. The third-order valence-electron chi connectivity index (χ3n) is 3.06. The quantitative estimate of drug-likeness (QED) is 0.257. The molecule has 0 aliphatic rings. The molecule has 0 heterocycles. The molecule has 138 valence electrons. The van der Waals surface area contributed by atoms with E-state index >= 15 is 0 Å². The first kappa shape index (κ1) is 22.5. The second kappa shape index (κ2) is 11.1. The molecule has 23 heavy (non-hydrogen) atoms. The van der Waals surface area contributed by atoms with Crippen LogP contribution in [0.1, 0.15) is 32.1 Å². The SMILES string of the molecule is COP(=O)(O)OCCCCCCNC(=O)C[C@@H](O)C[N+](C)(C)C. The van der Waals surface area contributed by atoms with Gasteiger partial charge >= 0.3 is 7.82 Å². The standard InChI is InChI=1S/C14H31N2O6P/c1-16(2,3)12-13(17)11-14(18)15-9-7-5-6-8-10-22-23(19,20)21-4/h13,17H,5-12H2,1-4H3,(H-,15,18,19,20)/p+1/t13-/m1/s1. The number of carbonyl (C=O) groups is 1. The predicted molar refractivity (Wildman–Crippen MR) is 87.8 cm³/mol. The topological polar surface area (TPSA) is 105 Å². The fraction of sp³-hybridized carbons (Fsp3) is 0.929. The van der Waals surface area contributed by atoms with Gasteiger partial charge in [-0.1, -0.05) is 12.8 Å². The van der Waals surface area contributed by atoms with Crippen LogP contribution in [0, 0.1) is 0 Å². The highest BCUT2D eigenvalue weighted by molar-refractivity contribution is 7.47. The van der Waals surface area contributed by atoms with E-state index in [0.717, 1.165) is 26.4 Å². The number of likely N-dealkylation sites (N-methyl/N-ethyl adjacent to an activating group) is 1. The first-order valence-electron chi connectivity index (χ1n) is 7.84. The van der Waals surface area contributed by atoms with E-state index in [-0.39, 0.29) is 18.9 Å². The Balaban J connectivity index is 3.54. The van der Waals surface area contributed by atoms with Crippen molar-refractivity contribution in [2.24, 2.45) is 0 Å². The van der Waals surface area contributed by atoms with Crippen molar-refractivity contribution in [3.05, 3.63) is 0 Å². The van der Waals surface area contributed by atoms with Gasteiger partial charge in [-0.15, -0.1) is 0 Å². The van der Waals surface area contributed by atoms with Crippen LogP contribution in [0.3, 0.4) is 0 Å². The molecule has 0 radical (unpaired) electrons. The van der Waals surface area contributed by atoms with E-state index in [4.69, 9.17) is 9.42 Å². The number of aliphatic hydroxyl groups excluding tert-OH is 1. The van der Waals surface area contributed by atoms with Gasteiger partial charge in [0.15, 0.2) is 0 Å². The van der Waals surface area contributed by atoms with Crippen LogP contribution in [0.15, 0.2) is 0 Å². The molecule has 0 bridgehead atoms. The van der Waals surface area contributed by atoms with Gasteiger partial charge < -0.3 is 19.8 Å². The normalized spacial score (nSPS) is 15.9. The summed E-state index contributed by atoms with van der Waals surface area (Å²) in [6, 6.07) is 0.